The lowest BCUT2D eigenvalue weighted by Gasteiger charge is -2.59. The highest BCUT2D eigenvalue weighted by Gasteiger charge is 2.68. The fourth-order valence-corrected chi connectivity index (χ4v) is 6.90. The van der Waals surface area contributed by atoms with Gasteiger partial charge in [-0.1, -0.05) is 25.5 Å². The molecule has 4 rings (SSSR count). The molecule has 4 nitrogen and oxygen atoms in total. The highest BCUT2D eigenvalue weighted by molar-refractivity contribution is 6.01. The molecular formula is C21H27FO4. The van der Waals surface area contributed by atoms with Gasteiger partial charge in [0.2, 0.25) is 0 Å². The Hall–Kier alpha value is -1.33. The second kappa shape index (κ2) is 5.59. The lowest BCUT2D eigenvalue weighted by atomic mass is 9.46. The van der Waals surface area contributed by atoms with Crippen molar-refractivity contribution < 1.29 is 24.2 Å². The zero-order valence-electron chi connectivity index (χ0n) is 15.4. The number of aliphatic hydroxyl groups is 2. The molecule has 0 radical (unpaired) electrons. The smallest absolute Gasteiger partial charge is 0.195 e. The first-order chi connectivity index (χ1) is 12.2. The topological polar surface area (TPSA) is 74.6 Å². The molecule has 0 bridgehead atoms. The molecule has 3 saturated carbocycles. The van der Waals surface area contributed by atoms with Crippen LogP contribution in [0, 0.1) is 28.6 Å². The first-order valence-corrected chi connectivity index (χ1v) is 9.61. The van der Waals surface area contributed by atoms with Crippen LogP contribution in [0.3, 0.4) is 0 Å². The summed E-state index contributed by atoms with van der Waals surface area (Å²) < 4.78 is 13.1. The number of aliphatic hydroxyl groups excluding tert-OH is 1. The molecule has 3 fully saturated rings. The van der Waals surface area contributed by atoms with Crippen LogP contribution in [0.5, 0.6) is 0 Å². The number of alkyl halides is 1. The van der Waals surface area contributed by atoms with E-state index in [0.717, 1.165) is 18.4 Å². The summed E-state index contributed by atoms with van der Waals surface area (Å²) in [7, 11) is 0. The molecule has 0 spiro atoms. The van der Waals surface area contributed by atoms with E-state index in [2.05, 4.69) is 6.92 Å². The first kappa shape index (κ1) is 18.1. The predicted octanol–water partition coefficient (Wildman–Crippen LogP) is 2.53. The third-order valence-electron chi connectivity index (χ3n) is 8.23. The van der Waals surface area contributed by atoms with Crippen LogP contribution in [0.25, 0.3) is 0 Å². The van der Waals surface area contributed by atoms with E-state index < -0.39 is 29.6 Å². The van der Waals surface area contributed by atoms with Gasteiger partial charge in [0.05, 0.1) is 6.10 Å². The Morgan fingerprint density at radius 2 is 2.08 bits per heavy atom. The summed E-state index contributed by atoms with van der Waals surface area (Å²) in [6, 6.07) is 0. The van der Waals surface area contributed by atoms with Crippen molar-refractivity contribution in [1.29, 1.82) is 0 Å². The van der Waals surface area contributed by atoms with Crippen LogP contribution < -0.4 is 0 Å². The molecule has 1 unspecified atom stereocenters. The number of ketones is 2. The third-order valence-corrected chi connectivity index (χ3v) is 8.23. The van der Waals surface area contributed by atoms with Crippen molar-refractivity contribution in [3.8, 4) is 0 Å². The number of Topliss-reactive ketones (excluding diaryl/α,β-unsaturated/α-hetero) is 1. The fourth-order valence-electron chi connectivity index (χ4n) is 6.90. The minimum absolute atomic E-state index is 0.00477. The molecule has 4 aliphatic carbocycles. The summed E-state index contributed by atoms with van der Waals surface area (Å²) in [6.07, 6.45) is 7.34. The molecule has 4 aliphatic rings. The molecule has 2 N–H and O–H groups in total. The Morgan fingerprint density at radius 1 is 1.35 bits per heavy atom. The van der Waals surface area contributed by atoms with Crippen molar-refractivity contribution in [3.63, 3.8) is 0 Å². The van der Waals surface area contributed by atoms with Crippen LogP contribution in [0.2, 0.25) is 0 Å². The SMILES string of the molecule is C[C@]12C=CC(=O)C=C1CC[C@@H]1[C@@H]2C(O)C[C@@]2(C)[C@H]1CC[C@]2(O)C(=O)CF. The summed E-state index contributed by atoms with van der Waals surface area (Å²) >= 11 is 0. The van der Waals surface area contributed by atoms with Crippen molar-refractivity contribution in [2.24, 2.45) is 28.6 Å². The van der Waals surface area contributed by atoms with Crippen molar-refractivity contribution in [2.45, 2.75) is 57.7 Å². The van der Waals surface area contributed by atoms with Gasteiger partial charge in [-0.15, -0.1) is 0 Å². The summed E-state index contributed by atoms with van der Waals surface area (Å²) in [5.74, 6) is -0.590. The fraction of sp³-hybridized carbons (Fsp3) is 0.714. The van der Waals surface area contributed by atoms with Gasteiger partial charge in [0.15, 0.2) is 18.2 Å². The lowest BCUT2D eigenvalue weighted by molar-refractivity contribution is -0.177. The quantitative estimate of drug-likeness (QED) is 0.792. The maximum absolute atomic E-state index is 13.1. The van der Waals surface area contributed by atoms with Crippen molar-refractivity contribution in [2.75, 3.05) is 6.67 Å². The number of hydrogen-bond donors (Lipinski definition) is 2. The van der Waals surface area contributed by atoms with E-state index in [1.807, 2.05) is 13.0 Å². The Bertz CT molecular complexity index is 728. The van der Waals surface area contributed by atoms with Crippen molar-refractivity contribution in [1.82, 2.24) is 0 Å². The molecule has 0 heterocycles. The normalized spacial score (nSPS) is 49.9. The maximum Gasteiger partial charge on any atom is 0.195 e. The highest BCUT2D eigenvalue weighted by atomic mass is 19.1. The molecule has 0 aliphatic heterocycles. The van der Waals surface area contributed by atoms with Gasteiger partial charge in [-0.2, -0.15) is 0 Å². The van der Waals surface area contributed by atoms with E-state index in [-0.39, 0.29) is 41.8 Å². The molecule has 0 saturated heterocycles. The number of fused-ring (bicyclic) bond motifs is 5. The summed E-state index contributed by atoms with van der Waals surface area (Å²) in [4.78, 5) is 24.0. The number of hydrogen-bond acceptors (Lipinski definition) is 4. The number of rotatable bonds is 2. The van der Waals surface area contributed by atoms with Gasteiger partial charge in [-0.25, -0.2) is 4.39 Å². The van der Waals surface area contributed by atoms with Gasteiger partial charge in [-0.3, -0.25) is 9.59 Å². The van der Waals surface area contributed by atoms with E-state index in [9.17, 15) is 24.2 Å². The largest absolute Gasteiger partial charge is 0.393 e. The van der Waals surface area contributed by atoms with E-state index >= 15 is 0 Å². The number of carbonyl (C=O) groups is 2. The molecule has 26 heavy (non-hydrogen) atoms. The van der Waals surface area contributed by atoms with Crippen LogP contribution in [0.4, 0.5) is 4.39 Å². The van der Waals surface area contributed by atoms with Gasteiger partial charge in [0.1, 0.15) is 5.60 Å². The van der Waals surface area contributed by atoms with Gasteiger partial charge in [0.25, 0.3) is 0 Å². The van der Waals surface area contributed by atoms with Crippen LogP contribution >= 0.6 is 0 Å². The molecule has 0 amide bonds. The Morgan fingerprint density at radius 3 is 2.77 bits per heavy atom. The third kappa shape index (κ3) is 2.07. The zero-order chi connectivity index (χ0) is 18.9. The molecule has 0 aromatic heterocycles. The van der Waals surface area contributed by atoms with Gasteiger partial charge in [0, 0.05) is 16.7 Å². The highest BCUT2D eigenvalue weighted by Crippen LogP contribution is 2.67. The molecule has 142 valence electrons. The van der Waals surface area contributed by atoms with E-state index in [1.54, 1.807) is 12.2 Å². The van der Waals surface area contributed by atoms with Crippen LogP contribution in [0.1, 0.15) is 46.0 Å². The van der Waals surface area contributed by atoms with Crippen LogP contribution in [0.15, 0.2) is 23.8 Å². The van der Waals surface area contributed by atoms with Gasteiger partial charge in [-0.05, 0) is 56.1 Å². The van der Waals surface area contributed by atoms with E-state index in [0.29, 0.717) is 6.42 Å². The molecule has 7 atom stereocenters. The minimum Gasteiger partial charge on any atom is -0.393 e. The monoisotopic (exact) mass is 362 g/mol. The first-order valence-electron chi connectivity index (χ1n) is 9.61. The molecule has 5 heteroatoms. The summed E-state index contributed by atoms with van der Waals surface area (Å²) in [6.45, 7) is 2.77. The Kier molecular flexibility index (Phi) is 3.88. The lowest BCUT2D eigenvalue weighted by Crippen LogP contribution is -2.61. The summed E-state index contributed by atoms with van der Waals surface area (Å²) in [5.41, 5.74) is -1.79. The van der Waals surface area contributed by atoms with Gasteiger partial charge < -0.3 is 10.2 Å². The average molecular weight is 362 g/mol. The molecule has 0 aromatic rings. The number of allylic oxidation sites excluding steroid dienone is 4. The number of carbonyl (C=O) groups excluding carboxylic acids is 2. The van der Waals surface area contributed by atoms with Crippen molar-refractivity contribution >= 4 is 11.6 Å². The summed E-state index contributed by atoms with van der Waals surface area (Å²) in [5, 5.41) is 22.2. The van der Waals surface area contributed by atoms with Gasteiger partial charge >= 0.3 is 0 Å². The number of halogens is 1. The second-order valence-electron chi connectivity index (χ2n) is 9.17. The Balaban J connectivity index is 1.75. The molecular weight excluding hydrogens is 335 g/mol. The minimum atomic E-state index is -1.69. The van der Waals surface area contributed by atoms with Crippen LogP contribution in [-0.2, 0) is 9.59 Å². The standard InChI is InChI=1S/C21H27FO4/c1-19-7-5-13(23)9-12(19)3-4-14-15-6-8-21(26,17(25)11-22)20(15,2)10-16(24)18(14)19/h5,7,9,14-16,18,24,26H,3-4,6,8,10-11H2,1-2H3/t14-,15-,16?,18+,19-,20-,21-/m0/s1. The second-order valence-corrected chi connectivity index (χ2v) is 9.17. The van der Waals surface area contributed by atoms with E-state index in [4.69, 9.17) is 0 Å². The zero-order valence-corrected chi connectivity index (χ0v) is 15.4. The Labute approximate surface area is 153 Å². The van der Waals surface area contributed by atoms with Crippen LogP contribution in [-0.4, -0.2) is 40.2 Å². The molecule has 0 aromatic carbocycles. The predicted molar refractivity (Wildman–Crippen MR) is 93.9 cm³/mol. The van der Waals surface area contributed by atoms with E-state index in [1.165, 1.54) is 0 Å². The average Bonchev–Trinajstić information content (AvgIpc) is 2.86. The maximum atomic E-state index is 13.1. The van der Waals surface area contributed by atoms with Crippen molar-refractivity contribution in [3.05, 3.63) is 23.8 Å².